The molecule has 37 heavy (non-hydrogen) atoms. The Morgan fingerprint density at radius 1 is 1.14 bits per heavy atom. The minimum atomic E-state index is -1.28. The first-order chi connectivity index (χ1) is 17.5. The number of fused-ring (bicyclic) bond motifs is 1. The number of carboxylic acids is 1. The fourth-order valence-electron chi connectivity index (χ4n) is 4.26. The number of benzene rings is 2. The molecule has 0 unspecified atom stereocenters. The number of aryl methyl sites for hydroxylation is 2. The van der Waals surface area contributed by atoms with Gasteiger partial charge in [0.05, 0.1) is 30.4 Å². The quantitative estimate of drug-likeness (QED) is 0.449. The molecule has 3 rings (SSSR count). The van der Waals surface area contributed by atoms with Gasteiger partial charge in [0.1, 0.15) is 18.9 Å². The molecule has 1 heterocycles. The number of carbonyl (C=O) groups is 6. The van der Waals surface area contributed by atoms with Crippen LogP contribution in [-0.2, 0) is 24.0 Å². The maximum Gasteiger partial charge on any atom is 0.305 e. The Hall–Kier alpha value is -4.54. The van der Waals surface area contributed by atoms with Crippen LogP contribution < -0.4 is 20.4 Å². The predicted octanol–water partition coefficient (Wildman–Crippen LogP) is 0.960. The Kier molecular flexibility index (Phi) is 8.38. The number of carboxylic acid groups (broad SMARTS) is 1. The summed E-state index contributed by atoms with van der Waals surface area (Å²) in [4.78, 5) is 77.0. The molecular weight excluding hydrogens is 480 g/mol. The lowest BCUT2D eigenvalue weighted by molar-refractivity contribution is -0.139. The van der Waals surface area contributed by atoms with Crippen LogP contribution in [0.1, 0.15) is 34.8 Å². The number of hydrogen-bond acceptors (Lipinski definition) is 6. The summed E-state index contributed by atoms with van der Waals surface area (Å²) in [5, 5.41) is 13.9. The minimum Gasteiger partial charge on any atom is -0.481 e. The number of amides is 4. The summed E-state index contributed by atoms with van der Waals surface area (Å²) in [7, 11) is 0. The second-order valence-corrected chi connectivity index (χ2v) is 8.80. The molecule has 4 amide bonds. The Balaban J connectivity index is 2.03. The van der Waals surface area contributed by atoms with Gasteiger partial charge in [0.25, 0.3) is 11.8 Å². The number of aldehydes is 1. The van der Waals surface area contributed by atoms with E-state index in [4.69, 9.17) is 5.11 Å². The summed E-state index contributed by atoms with van der Waals surface area (Å²) in [5.41, 5.74) is 2.42. The second-order valence-electron chi connectivity index (χ2n) is 8.80. The van der Waals surface area contributed by atoms with E-state index in [0.717, 1.165) is 10.5 Å². The van der Waals surface area contributed by atoms with Crippen LogP contribution in [0, 0.1) is 13.8 Å². The highest BCUT2D eigenvalue weighted by molar-refractivity contribution is 6.11. The van der Waals surface area contributed by atoms with Crippen LogP contribution in [0.2, 0.25) is 0 Å². The van der Waals surface area contributed by atoms with Crippen molar-refractivity contribution in [3.05, 3.63) is 59.2 Å². The molecule has 2 aromatic carbocycles. The first-order valence-electron chi connectivity index (χ1n) is 11.5. The van der Waals surface area contributed by atoms with E-state index in [2.05, 4.69) is 10.6 Å². The molecular formula is C26H28N4O7. The van der Waals surface area contributed by atoms with Gasteiger partial charge in [0, 0.05) is 12.5 Å². The van der Waals surface area contributed by atoms with Gasteiger partial charge in [0.15, 0.2) is 0 Å². The molecule has 0 saturated heterocycles. The number of hydrogen-bond donors (Lipinski definition) is 3. The van der Waals surface area contributed by atoms with Crippen LogP contribution in [-0.4, -0.2) is 66.2 Å². The minimum absolute atomic E-state index is 0.170. The van der Waals surface area contributed by atoms with E-state index in [1.165, 1.54) is 11.8 Å². The Morgan fingerprint density at radius 3 is 2.41 bits per heavy atom. The number of carbonyl (C=O) groups excluding carboxylic acids is 5. The maximum absolute atomic E-state index is 13.8. The molecule has 0 bridgehead atoms. The fourth-order valence-corrected chi connectivity index (χ4v) is 4.26. The molecule has 194 valence electrons. The number of rotatable bonds is 8. The molecule has 0 aliphatic carbocycles. The smallest absolute Gasteiger partial charge is 0.305 e. The van der Waals surface area contributed by atoms with E-state index >= 15 is 0 Å². The molecule has 2 atom stereocenters. The molecule has 2 aromatic rings. The van der Waals surface area contributed by atoms with Gasteiger partial charge >= 0.3 is 5.97 Å². The third-order valence-electron chi connectivity index (χ3n) is 5.84. The highest BCUT2D eigenvalue weighted by Crippen LogP contribution is 2.37. The summed E-state index contributed by atoms with van der Waals surface area (Å²) >= 11 is 0. The highest BCUT2D eigenvalue weighted by Gasteiger charge is 2.38. The van der Waals surface area contributed by atoms with E-state index < -0.39 is 48.7 Å². The van der Waals surface area contributed by atoms with Gasteiger partial charge in [-0.15, -0.1) is 0 Å². The van der Waals surface area contributed by atoms with Crippen molar-refractivity contribution in [2.45, 2.75) is 39.3 Å². The van der Waals surface area contributed by atoms with Gasteiger partial charge in [-0.05, 0) is 43.2 Å². The third kappa shape index (κ3) is 6.37. The van der Waals surface area contributed by atoms with E-state index in [0.29, 0.717) is 28.8 Å². The first-order valence-corrected chi connectivity index (χ1v) is 11.5. The average Bonchev–Trinajstić information content (AvgIpc) is 2.94. The van der Waals surface area contributed by atoms with Gasteiger partial charge < -0.3 is 25.4 Å². The maximum atomic E-state index is 13.8. The molecule has 1 aliphatic rings. The van der Waals surface area contributed by atoms with Crippen molar-refractivity contribution in [1.29, 1.82) is 0 Å². The summed E-state index contributed by atoms with van der Waals surface area (Å²) in [5.74, 6) is -3.60. The van der Waals surface area contributed by atoms with Crippen molar-refractivity contribution in [3.8, 4) is 0 Å². The molecule has 11 nitrogen and oxygen atoms in total. The van der Waals surface area contributed by atoms with Gasteiger partial charge in [-0.25, -0.2) is 0 Å². The SMILES string of the molecule is CC(=O)N1C[C@H](NC(=O)c2ccccc2)C(=O)N(CC(=O)N[C@H](C=O)CC(=O)O)c2c(C)cc(C)cc21. The second kappa shape index (κ2) is 11.5. The van der Waals surface area contributed by atoms with E-state index in [-0.39, 0.29) is 12.5 Å². The summed E-state index contributed by atoms with van der Waals surface area (Å²) < 4.78 is 0. The third-order valence-corrected chi connectivity index (χ3v) is 5.84. The number of nitrogens with zero attached hydrogens (tertiary/aromatic N) is 2. The average molecular weight is 509 g/mol. The summed E-state index contributed by atoms with van der Waals surface area (Å²) in [6.45, 7) is 4.15. The lowest BCUT2D eigenvalue weighted by Crippen LogP contribution is -2.54. The molecule has 0 fully saturated rings. The number of aliphatic carboxylic acids is 1. The first kappa shape index (κ1) is 27.1. The summed E-state index contributed by atoms with van der Waals surface area (Å²) in [6, 6.07) is 9.26. The van der Waals surface area contributed by atoms with E-state index in [9.17, 15) is 28.8 Å². The Labute approximate surface area is 213 Å². The zero-order valence-electron chi connectivity index (χ0n) is 20.7. The van der Waals surface area contributed by atoms with Crippen LogP contribution in [0.25, 0.3) is 0 Å². The van der Waals surface area contributed by atoms with Crippen molar-refractivity contribution >= 4 is 47.3 Å². The van der Waals surface area contributed by atoms with Crippen molar-refractivity contribution in [3.63, 3.8) is 0 Å². The number of anilines is 2. The van der Waals surface area contributed by atoms with Crippen molar-refractivity contribution < 1.29 is 33.9 Å². The van der Waals surface area contributed by atoms with Crippen LogP contribution >= 0.6 is 0 Å². The Bertz CT molecular complexity index is 1240. The zero-order valence-corrected chi connectivity index (χ0v) is 20.7. The largest absolute Gasteiger partial charge is 0.481 e. The molecule has 1 aliphatic heterocycles. The van der Waals surface area contributed by atoms with Crippen LogP contribution in [0.5, 0.6) is 0 Å². The molecule has 0 spiro atoms. The van der Waals surface area contributed by atoms with E-state index in [1.54, 1.807) is 49.4 Å². The van der Waals surface area contributed by atoms with Crippen LogP contribution in [0.15, 0.2) is 42.5 Å². The van der Waals surface area contributed by atoms with Crippen LogP contribution in [0.3, 0.4) is 0 Å². The fraction of sp³-hybridized carbons (Fsp3) is 0.308. The molecule has 0 aromatic heterocycles. The zero-order chi connectivity index (χ0) is 27.3. The van der Waals surface area contributed by atoms with Gasteiger partial charge in [-0.2, -0.15) is 0 Å². The van der Waals surface area contributed by atoms with Crippen molar-refractivity contribution in [2.24, 2.45) is 0 Å². The molecule has 11 heteroatoms. The van der Waals surface area contributed by atoms with Crippen molar-refractivity contribution in [2.75, 3.05) is 22.9 Å². The molecule has 0 radical (unpaired) electrons. The van der Waals surface area contributed by atoms with E-state index in [1.807, 2.05) is 6.92 Å². The van der Waals surface area contributed by atoms with Gasteiger partial charge in [-0.1, -0.05) is 24.3 Å². The summed E-state index contributed by atoms with van der Waals surface area (Å²) in [6.07, 6.45) is -0.314. The highest BCUT2D eigenvalue weighted by atomic mass is 16.4. The van der Waals surface area contributed by atoms with Gasteiger partial charge in [0.2, 0.25) is 11.8 Å². The van der Waals surface area contributed by atoms with Gasteiger partial charge in [-0.3, -0.25) is 28.9 Å². The van der Waals surface area contributed by atoms with Crippen molar-refractivity contribution in [1.82, 2.24) is 10.6 Å². The lowest BCUT2D eigenvalue weighted by Gasteiger charge is -2.27. The topological polar surface area (TPSA) is 153 Å². The molecule has 3 N–H and O–H groups in total. The normalized spacial score (nSPS) is 15.8. The monoisotopic (exact) mass is 508 g/mol. The predicted molar refractivity (Wildman–Crippen MR) is 134 cm³/mol. The standard InChI is InChI=1S/C26H28N4O7/c1-15-9-16(2)24-21(10-15)29(17(3)32)12-20(28-25(36)18-7-5-4-6-8-18)26(37)30(24)13-22(33)27-19(14-31)11-23(34)35/h4-10,14,19-20H,11-13H2,1-3H3,(H,27,33)(H,28,36)(H,34,35)/t19-,20-/m0/s1. The van der Waals surface area contributed by atoms with Crippen LogP contribution in [0.4, 0.5) is 11.4 Å². The Morgan fingerprint density at radius 2 is 1.81 bits per heavy atom. The lowest BCUT2D eigenvalue weighted by atomic mass is 10.1. The number of nitrogens with one attached hydrogen (secondary N) is 2. The molecule has 0 saturated carbocycles.